The lowest BCUT2D eigenvalue weighted by molar-refractivity contribution is 0.148. The van der Waals surface area contributed by atoms with Crippen LogP contribution in [0.3, 0.4) is 0 Å². The second-order valence-corrected chi connectivity index (χ2v) is 5.72. The first kappa shape index (κ1) is 14.9. The number of piperazine rings is 1. The molecule has 0 atom stereocenters. The second kappa shape index (κ2) is 7.33. The van der Waals surface area contributed by atoms with Gasteiger partial charge in [0.2, 0.25) is 0 Å². The first-order chi connectivity index (χ1) is 10.8. The fraction of sp³-hybridized carbons (Fsp3) is 0.412. The summed E-state index contributed by atoms with van der Waals surface area (Å²) in [4.78, 5) is 13.0. The van der Waals surface area contributed by atoms with Crippen LogP contribution >= 0.6 is 0 Å². The third kappa shape index (κ3) is 4.26. The van der Waals surface area contributed by atoms with Gasteiger partial charge in [-0.25, -0.2) is 9.97 Å². The molecule has 5 nitrogen and oxygen atoms in total. The maximum absolute atomic E-state index is 5.56. The Kier molecular flexibility index (Phi) is 4.98. The zero-order valence-corrected chi connectivity index (χ0v) is 13.0. The summed E-state index contributed by atoms with van der Waals surface area (Å²) in [6.07, 6.45) is 3.36. The van der Waals surface area contributed by atoms with Crippen LogP contribution < -0.4 is 4.74 Å². The highest BCUT2D eigenvalue weighted by molar-refractivity contribution is 5.22. The third-order valence-corrected chi connectivity index (χ3v) is 3.94. The fourth-order valence-corrected chi connectivity index (χ4v) is 2.51. The predicted octanol–water partition coefficient (Wildman–Crippen LogP) is 1.80. The molecule has 1 aromatic carbocycles. The van der Waals surface area contributed by atoms with Crippen molar-refractivity contribution >= 4 is 0 Å². The van der Waals surface area contributed by atoms with Crippen molar-refractivity contribution in [3.63, 3.8) is 0 Å². The molecule has 0 unspecified atom stereocenters. The van der Waals surface area contributed by atoms with Crippen LogP contribution in [-0.4, -0.2) is 53.0 Å². The Morgan fingerprint density at radius 2 is 1.59 bits per heavy atom. The smallest absolute Gasteiger partial charge is 0.316 e. The topological polar surface area (TPSA) is 41.5 Å². The normalized spacial score (nSPS) is 16.6. The summed E-state index contributed by atoms with van der Waals surface area (Å²) in [5, 5.41) is 0. The van der Waals surface area contributed by atoms with Gasteiger partial charge < -0.3 is 9.64 Å². The molecule has 116 valence electrons. The summed E-state index contributed by atoms with van der Waals surface area (Å²) >= 11 is 0. The molecule has 1 aliphatic rings. The van der Waals surface area contributed by atoms with Gasteiger partial charge in [-0.2, -0.15) is 0 Å². The number of hydrogen-bond acceptors (Lipinski definition) is 5. The van der Waals surface area contributed by atoms with Crippen molar-refractivity contribution in [3.8, 4) is 6.01 Å². The Bertz CT molecular complexity index is 565. The molecule has 0 bridgehead atoms. The molecule has 0 radical (unpaired) electrons. The molecular weight excluding hydrogens is 276 g/mol. The molecule has 1 aliphatic heterocycles. The number of ether oxygens (including phenoxy) is 1. The molecule has 5 heteroatoms. The summed E-state index contributed by atoms with van der Waals surface area (Å²) < 4.78 is 5.56. The molecule has 22 heavy (non-hydrogen) atoms. The highest BCUT2D eigenvalue weighted by Gasteiger charge is 2.13. The summed E-state index contributed by atoms with van der Waals surface area (Å²) in [7, 11) is 2.18. The van der Waals surface area contributed by atoms with Crippen molar-refractivity contribution in [2.24, 2.45) is 0 Å². The molecule has 1 fully saturated rings. The van der Waals surface area contributed by atoms with Gasteiger partial charge >= 0.3 is 6.01 Å². The molecule has 0 N–H and O–H groups in total. The molecule has 0 spiro atoms. The predicted molar refractivity (Wildman–Crippen MR) is 85.6 cm³/mol. The van der Waals surface area contributed by atoms with E-state index in [4.69, 9.17) is 4.74 Å². The number of benzene rings is 1. The second-order valence-electron chi connectivity index (χ2n) is 5.72. The SMILES string of the molecule is CN1CCN(Cc2ccc(COc3ncccn3)cc2)CC1. The lowest BCUT2D eigenvalue weighted by Crippen LogP contribution is -2.43. The van der Waals surface area contributed by atoms with E-state index in [9.17, 15) is 0 Å². The van der Waals surface area contributed by atoms with Crippen LogP contribution in [0.25, 0.3) is 0 Å². The van der Waals surface area contributed by atoms with Gasteiger partial charge in [-0.05, 0) is 24.2 Å². The van der Waals surface area contributed by atoms with Crippen LogP contribution in [0.1, 0.15) is 11.1 Å². The Morgan fingerprint density at radius 3 is 2.27 bits per heavy atom. The molecule has 0 amide bonds. The van der Waals surface area contributed by atoms with E-state index in [1.54, 1.807) is 18.5 Å². The van der Waals surface area contributed by atoms with Gasteiger partial charge in [0.15, 0.2) is 0 Å². The Morgan fingerprint density at radius 1 is 0.955 bits per heavy atom. The molecule has 1 aromatic heterocycles. The average Bonchev–Trinajstić information content (AvgIpc) is 2.57. The van der Waals surface area contributed by atoms with Crippen molar-refractivity contribution in [3.05, 3.63) is 53.9 Å². The van der Waals surface area contributed by atoms with Gasteiger partial charge in [0, 0.05) is 45.1 Å². The molecule has 3 rings (SSSR count). The van der Waals surface area contributed by atoms with Crippen LogP contribution in [0.4, 0.5) is 0 Å². The number of likely N-dealkylation sites (N-methyl/N-ethyl adjacent to an activating group) is 1. The first-order valence-corrected chi connectivity index (χ1v) is 7.68. The van der Waals surface area contributed by atoms with E-state index in [2.05, 4.69) is 51.1 Å². The summed E-state index contributed by atoms with van der Waals surface area (Å²) in [6, 6.07) is 10.8. The molecule has 2 aromatic rings. The summed E-state index contributed by atoms with van der Waals surface area (Å²) in [5.41, 5.74) is 2.49. The van der Waals surface area contributed by atoms with E-state index in [1.165, 1.54) is 5.56 Å². The van der Waals surface area contributed by atoms with Crippen molar-refractivity contribution in [1.29, 1.82) is 0 Å². The minimum atomic E-state index is 0.420. The highest BCUT2D eigenvalue weighted by Crippen LogP contribution is 2.11. The lowest BCUT2D eigenvalue weighted by Gasteiger charge is -2.32. The largest absolute Gasteiger partial charge is 0.459 e. The number of rotatable bonds is 5. The monoisotopic (exact) mass is 298 g/mol. The van der Waals surface area contributed by atoms with E-state index in [1.807, 2.05) is 0 Å². The van der Waals surface area contributed by atoms with E-state index >= 15 is 0 Å². The molecule has 1 saturated heterocycles. The number of hydrogen-bond donors (Lipinski definition) is 0. The van der Waals surface area contributed by atoms with Gasteiger partial charge in [0.1, 0.15) is 6.61 Å². The van der Waals surface area contributed by atoms with E-state index in [-0.39, 0.29) is 0 Å². The molecule has 0 saturated carbocycles. The third-order valence-electron chi connectivity index (χ3n) is 3.94. The van der Waals surface area contributed by atoms with Crippen LogP contribution in [0.5, 0.6) is 6.01 Å². The lowest BCUT2D eigenvalue weighted by atomic mass is 10.1. The summed E-state index contributed by atoms with van der Waals surface area (Å²) in [5.74, 6) is 0. The van der Waals surface area contributed by atoms with Gasteiger partial charge in [-0.3, -0.25) is 4.90 Å². The van der Waals surface area contributed by atoms with Crippen LogP contribution in [0, 0.1) is 0 Å². The van der Waals surface area contributed by atoms with Crippen molar-refractivity contribution in [1.82, 2.24) is 19.8 Å². The van der Waals surface area contributed by atoms with Gasteiger partial charge in [-0.15, -0.1) is 0 Å². The van der Waals surface area contributed by atoms with Crippen molar-refractivity contribution in [2.75, 3.05) is 33.2 Å². The minimum Gasteiger partial charge on any atom is -0.459 e. The number of nitrogens with zero attached hydrogens (tertiary/aromatic N) is 4. The van der Waals surface area contributed by atoms with Crippen LogP contribution in [0.2, 0.25) is 0 Å². The maximum atomic E-state index is 5.56. The number of aromatic nitrogens is 2. The standard InChI is InChI=1S/C17H22N4O/c1-20-9-11-21(12-10-20)13-15-3-5-16(6-4-15)14-22-17-18-7-2-8-19-17/h2-8H,9-14H2,1H3. The molecular formula is C17H22N4O. The average molecular weight is 298 g/mol. The Balaban J connectivity index is 1.50. The zero-order chi connectivity index (χ0) is 15.2. The van der Waals surface area contributed by atoms with Gasteiger partial charge in [0.05, 0.1) is 0 Å². The van der Waals surface area contributed by atoms with Crippen molar-refractivity contribution < 1.29 is 4.74 Å². The Labute approximate surface area is 131 Å². The van der Waals surface area contributed by atoms with Gasteiger partial charge in [-0.1, -0.05) is 24.3 Å². The van der Waals surface area contributed by atoms with Crippen molar-refractivity contribution in [2.45, 2.75) is 13.2 Å². The molecule has 2 heterocycles. The zero-order valence-electron chi connectivity index (χ0n) is 13.0. The first-order valence-electron chi connectivity index (χ1n) is 7.68. The van der Waals surface area contributed by atoms with E-state index in [0.29, 0.717) is 12.6 Å². The van der Waals surface area contributed by atoms with E-state index < -0.39 is 0 Å². The van der Waals surface area contributed by atoms with Gasteiger partial charge in [0.25, 0.3) is 0 Å². The quantitative estimate of drug-likeness (QED) is 0.842. The van der Waals surface area contributed by atoms with E-state index in [0.717, 1.165) is 38.3 Å². The summed E-state index contributed by atoms with van der Waals surface area (Å²) in [6.45, 7) is 6.13. The highest BCUT2D eigenvalue weighted by atomic mass is 16.5. The molecule has 0 aliphatic carbocycles. The Hall–Kier alpha value is -1.98. The minimum absolute atomic E-state index is 0.420. The maximum Gasteiger partial charge on any atom is 0.316 e. The van der Waals surface area contributed by atoms with Crippen LogP contribution in [-0.2, 0) is 13.2 Å². The van der Waals surface area contributed by atoms with Crippen LogP contribution in [0.15, 0.2) is 42.7 Å². The fourth-order valence-electron chi connectivity index (χ4n) is 2.51.